The number of ether oxygens (including phenoxy) is 2. The fraction of sp³-hybridized carbons (Fsp3) is 0.613. The smallest absolute Gasteiger partial charge is 0.400 e. The van der Waals surface area contributed by atoms with E-state index in [4.69, 9.17) is 14.6 Å². The first-order chi connectivity index (χ1) is 18.7. The van der Waals surface area contributed by atoms with E-state index in [1.165, 1.54) is 37.1 Å². The summed E-state index contributed by atoms with van der Waals surface area (Å²) in [6, 6.07) is 7.04. The van der Waals surface area contributed by atoms with Gasteiger partial charge in [-0.25, -0.2) is 13.2 Å². The molecule has 216 valence electrons. The van der Waals surface area contributed by atoms with E-state index in [-0.39, 0.29) is 29.2 Å². The fourth-order valence-electron chi connectivity index (χ4n) is 6.38. The van der Waals surface area contributed by atoms with Gasteiger partial charge in [0.15, 0.2) is 0 Å². The van der Waals surface area contributed by atoms with Gasteiger partial charge in [-0.05, 0) is 92.4 Å². The fourth-order valence-corrected chi connectivity index (χ4v) is 6.38. The number of aliphatic hydroxyl groups is 1. The summed E-state index contributed by atoms with van der Waals surface area (Å²) in [4.78, 5) is 0. The summed E-state index contributed by atoms with van der Waals surface area (Å²) in [7, 11) is 0. The second-order valence-electron chi connectivity index (χ2n) is 11.5. The van der Waals surface area contributed by atoms with Gasteiger partial charge in [-0.15, -0.1) is 0 Å². The second kappa shape index (κ2) is 13.4. The normalized spacial score (nSPS) is 24.9. The Morgan fingerprint density at radius 3 is 2.26 bits per heavy atom. The average molecular weight is 555 g/mol. The molecule has 0 aromatic heterocycles. The minimum absolute atomic E-state index is 0.0163. The minimum Gasteiger partial charge on any atom is -0.432 e. The van der Waals surface area contributed by atoms with Crippen molar-refractivity contribution < 1.29 is 36.5 Å². The maximum Gasteiger partial charge on any atom is 0.400 e. The molecule has 39 heavy (non-hydrogen) atoms. The van der Waals surface area contributed by atoms with Gasteiger partial charge in [0.25, 0.3) is 0 Å². The van der Waals surface area contributed by atoms with Crippen molar-refractivity contribution in [3.8, 4) is 16.9 Å². The van der Waals surface area contributed by atoms with Crippen LogP contribution in [0.2, 0.25) is 0 Å². The summed E-state index contributed by atoms with van der Waals surface area (Å²) < 4.78 is 82.0. The number of halogens is 5. The molecule has 1 N–H and O–H groups in total. The highest BCUT2D eigenvalue weighted by Crippen LogP contribution is 2.44. The first-order valence-electron chi connectivity index (χ1n) is 14.1. The Labute approximate surface area is 227 Å². The predicted octanol–water partition coefficient (Wildman–Crippen LogP) is 8.68. The molecule has 4 rings (SSSR count). The van der Waals surface area contributed by atoms with Crippen molar-refractivity contribution in [1.82, 2.24) is 0 Å². The summed E-state index contributed by atoms with van der Waals surface area (Å²) >= 11 is 0. The van der Waals surface area contributed by atoms with E-state index in [2.05, 4.69) is 6.92 Å². The molecule has 2 fully saturated rings. The van der Waals surface area contributed by atoms with Crippen LogP contribution in [0.1, 0.15) is 70.3 Å². The highest BCUT2D eigenvalue weighted by Gasteiger charge is 2.44. The largest absolute Gasteiger partial charge is 0.432 e. The molecule has 0 aliphatic heterocycles. The maximum absolute atomic E-state index is 15.1. The number of rotatable bonds is 11. The molecule has 3 nitrogen and oxygen atoms in total. The first kappa shape index (κ1) is 29.8. The zero-order valence-electron chi connectivity index (χ0n) is 22.5. The monoisotopic (exact) mass is 554 g/mol. The average Bonchev–Trinajstić information content (AvgIpc) is 2.91. The highest BCUT2D eigenvalue weighted by molar-refractivity contribution is 5.65. The lowest BCUT2D eigenvalue weighted by atomic mass is 9.71. The molecule has 1 atom stereocenters. The van der Waals surface area contributed by atoms with Crippen LogP contribution in [0.5, 0.6) is 5.75 Å². The molecule has 0 radical (unpaired) electrons. The molecule has 0 saturated heterocycles. The van der Waals surface area contributed by atoms with Crippen LogP contribution in [0.25, 0.3) is 11.1 Å². The summed E-state index contributed by atoms with van der Waals surface area (Å²) in [6.07, 6.45) is 4.10. The third-order valence-corrected chi connectivity index (χ3v) is 8.81. The van der Waals surface area contributed by atoms with Crippen molar-refractivity contribution in [3.05, 3.63) is 53.6 Å². The Hall–Kier alpha value is -2.19. The quantitative estimate of drug-likeness (QED) is 0.223. The van der Waals surface area contributed by atoms with E-state index < -0.39 is 30.3 Å². The van der Waals surface area contributed by atoms with E-state index >= 15 is 8.78 Å². The Morgan fingerprint density at radius 1 is 0.923 bits per heavy atom. The molecule has 0 amide bonds. The van der Waals surface area contributed by atoms with Crippen molar-refractivity contribution >= 4 is 0 Å². The lowest BCUT2D eigenvalue weighted by Crippen LogP contribution is -2.37. The number of aliphatic hydroxyl groups excluding tert-OH is 1. The van der Waals surface area contributed by atoms with E-state index in [1.54, 1.807) is 0 Å². The molecule has 2 aliphatic rings. The predicted molar refractivity (Wildman–Crippen MR) is 140 cm³/mol. The van der Waals surface area contributed by atoms with Crippen molar-refractivity contribution in [2.24, 2.45) is 29.6 Å². The van der Waals surface area contributed by atoms with Crippen LogP contribution in [0, 0.1) is 41.2 Å². The second-order valence-corrected chi connectivity index (χ2v) is 11.5. The van der Waals surface area contributed by atoms with Crippen molar-refractivity contribution in [1.29, 1.82) is 0 Å². The lowest BCUT2D eigenvalue weighted by molar-refractivity contribution is -0.223. The molecular weight excluding hydrogens is 515 g/mol. The maximum atomic E-state index is 15.1. The molecule has 2 aromatic carbocycles. The topological polar surface area (TPSA) is 38.7 Å². The zero-order chi connectivity index (χ0) is 28.0. The molecule has 2 saturated carbocycles. The van der Waals surface area contributed by atoms with Crippen molar-refractivity contribution in [2.75, 3.05) is 13.4 Å². The molecule has 0 bridgehead atoms. The van der Waals surface area contributed by atoms with E-state index in [1.807, 2.05) is 0 Å². The summed E-state index contributed by atoms with van der Waals surface area (Å²) in [5.74, 6) is -0.953. The van der Waals surface area contributed by atoms with Gasteiger partial charge >= 0.3 is 6.11 Å². The number of hydrogen-bond donors (Lipinski definition) is 1. The SMILES string of the molecule is CC1CCC(C(COCO)CC2CCC(C(F)(F)Oc3ccc(-c4ccc(CF)c(F)c4)c(F)c3)CC2)CC1. The van der Waals surface area contributed by atoms with Crippen LogP contribution < -0.4 is 4.74 Å². The van der Waals surface area contributed by atoms with Gasteiger partial charge in [0.1, 0.15) is 30.9 Å². The van der Waals surface area contributed by atoms with E-state index in [9.17, 15) is 13.2 Å². The Bertz CT molecular complexity index is 1060. The molecule has 2 aliphatic carbocycles. The van der Waals surface area contributed by atoms with Crippen LogP contribution >= 0.6 is 0 Å². The molecule has 0 heterocycles. The van der Waals surface area contributed by atoms with Gasteiger partial charge in [0.2, 0.25) is 0 Å². The highest BCUT2D eigenvalue weighted by atomic mass is 19.3. The van der Waals surface area contributed by atoms with Crippen LogP contribution in [0.3, 0.4) is 0 Å². The lowest BCUT2D eigenvalue weighted by Gasteiger charge is -2.37. The van der Waals surface area contributed by atoms with Gasteiger partial charge < -0.3 is 14.6 Å². The Kier molecular flexibility index (Phi) is 10.3. The van der Waals surface area contributed by atoms with E-state index in [0.29, 0.717) is 50.0 Å². The zero-order valence-corrected chi connectivity index (χ0v) is 22.5. The number of alkyl halides is 3. The summed E-state index contributed by atoms with van der Waals surface area (Å²) in [5.41, 5.74) is 0.0676. The Morgan fingerprint density at radius 2 is 1.64 bits per heavy atom. The van der Waals surface area contributed by atoms with Crippen LogP contribution in [-0.2, 0) is 11.4 Å². The van der Waals surface area contributed by atoms with Gasteiger partial charge in [0, 0.05) is 17.2 Å². The van der Waals surface area contributed by atoms with Gasteiger partial charge in [-0.3, -0.25) is 0 Å². The first-order valence-corrected chi connectivity index (χ1v) is 14.1. The van der Waals surface area contributed by atoms with Crippen molar-refractivity contribution in [3.63, 3.8) is 0 Å². The standard InChI is InChI=1S/C31H39F5O3/c1-20-2-6-22(7-3-20)25(18-38-19-37)14-21-4-10-26(11-5-21)31(35,36)39-27-12-13-28(30(34)16-27)23-8-9-24(17-32)29(33)15-23/h8-9,12-13,15-16,20-22,25-26,37H,2-7,10-11,14,17-19H2,1H3. The molecule has 2 aromatic rings. The summed E-state index contributed by atoms with van der Waals surface area (Å²) in [6.45, 7) is 1.50. The molecular formula is C31H39F5O3. The van der Waals surface area contributed by atoms with Gasteiger partial charge in [-0.2, -0.15) is 8.78 Å². The van der Waals surface area contributed by atoms with Crippen LogP contribution in [-0.4, -0.2) is 24.6 Å². The third kappa shape index (κ3) is 7.72. The minimum atomic E-state index is -3.45. The number of hydrogen-bond acceptors (Lipinski definition) is 3. The van der Waals surface area contributed by atoms with Crippen LogP contribution in [0.4, 0.5) is 22.0 Å². The number of benzene rings is 2. The summed E-state index contributed by atoms with van der Waals surface area (Å²) in [5, 5.41) is 9.16. The van der Waals surface area contributed by atoms with Crippen LogP contribution in [0.15, 0.2) is 36.4 Å². The molecule has 0 spiro atoms. The van der Waals surface area contributed by atoms with E-state index in [0.717, 1.165) is 37.3 Å². The Balaban J connectivity index is 1.33. The van der Waals surface area contributed by atoms with Gasteiger partial charge in [0.05, 0.1) is 12.5 Å². The molecule has 1 unspecified atom stereocenters. The third-order valence-electron chi connectivity index (χ3n) is 8.81. The van der Waals surface area contributed by atoms with Gasteiger partial charge in [-0.1, -0.05) is 31.9 Å². The van der Waals surface area contributed by atoms with Crippen molar-refractivity contribution in [2.45, 2.75) is 77.5 Å². The molecule has 8 heteroatoms.